The van der Waals surface area contributed by atoms with E-state index in [1.807, 2.05) is 12.3 Å². The molecule has 0 amide bonds. The largest absolute Gasteiger partial charge is 0.261 e. The van der Waals surface area contributed by atoms with E-state index >= 15 is 0 Å². The molecule has 0 spiro atoms. The summed E-state index contributed by atoms with van der Waals surface area (Å²) in [6.45, 7) is 0. The van der Waals surface area contributed by atoms with Crippen molar-refractivity contribution in [1.82, 2.24) is 4.98 Å². The molecule has 0 bridgehead atoms. The van der Waals surface area contributed by atoms with Gasteiger partial charge in [0.2, 0.25) is 0 Å². The van der Waals surface area contributed by atoms with Crippen molar-refractivity contribution in [2.45, 2.75) is 32.1 Å². The Morgan fingerprint density at radius 2 is 2.15 bits per heavy atom. The molecule has 1 heteroatoms. The van der Waals surface area contributed by atoms with Crippen molar-refractivity contribution in [2.75, 3.05) is 0 Å². The minimum Gasteiger partial charge on any atom is -0.261 e. The number of aromatic nitrogens is 1. The van der Waals surface area contributed by atoms with Crippen LogP contribution in [0.4, 0.5) is 0 Å². The van der Waals surface area contributed by atoms with Crippen LogP contribution in [-0.4, -0.2) is 4.98 Å². The third-order valence-electron chi connectivity index (χ3n) is 3.59. The maximum Gasteiger partial charge on any atom is 0.0409 e. The van der Waals surface area contributed by atoms with Crippen LogP contribution in [0.25, 0.3) is 0 Å². The Balaban J connectivity index is 1.75. The molecule has 1 aromatic heterocycles. The zero-order valence-corrected chi connectivity index (χ0v) is 7.87. The first-order chi connectivity index (χ1) is 6.39. The van der Waals surface area contributed by atoms with Gasteiger partial charge in [0.25, 0.3) is 0 Å². The Labute approximate surface area is 79.2 Å². The number of nitrogens with zero attached hydrogens (tertiary/aromatic N) is 1. The van der Waals surface area contributed by atoms with Crippen molar-refractivity contribution >= 4 is 0 Å². The molecule has 2 saturated carbocycles. The van der Waals surface area contributed by atoms with Crippen molar-refractivity contribution in [3.8, 4) is 0 Å². The fraction of sp³-hybridized carbons (Fsp3) is 0.583. The molecule has 0 aliphatic heterocycles. The van der Waals surface area contributed by atoms with Gasteiger partial charge in [0.1, 0.15) is 0 Å². The highest BCUT2D eigenvalue weighted by atomic mass is 14.7. The van der Waals surface area contributed by atoms with Crippen molar-refractivity contribution < 1.29 is 0 Å². The lowest BCUT2D eigenvalue weighted by atomic mass is 9.94. The molecule has 3 rings (SSSR count). The molecule has 0 unspecified atom stereocenters. The summed E-state index contributed by atoms with van der Waals surface area (Å²) in [5.74, 6) is 1.05. The summed E-state index contributed by atoms with van der Waals surface area (Å²) in [4.78, 5) is 4.41. The molecule has 0 N–H and O–H groups in total. The fourth-order valence-corrected chi connectivity index (χ4v) is 2.45. The van der Waals surface area contributed by atoms with Crippen LogP contribution < -0.4 is 0 Å². The van der Waals surface area contributed by atoms with E-state index in [2.05, 4.69) is 17.1 Å². The first kappa shape index (κ1) is 7.54. The lowest BCUT2D eigenvalue weighted by Crippen LogP contribution is -2.08. The van der Waals surface area contributed by atoms with E-state index in [1.54, 1.807) is 0 Å². The highest BCUT2D eigenvalue weighted by Crippen LogP contribution is 2.62. The zero-order chi connectivity index (χ0) is 8.73. The van der Waals surface area contributed by atoms with E-state index in [4.69, 9.17) is 0 Å². The standard InChI is InChI=1S/C12H15N/c1-2-8-13-11(3-1)9-12(6-7-12)10-4-5-10/h1-3,8,10H,4-7,9H2. The molecule has 1 heterocycles. The second kappa shape index (κ2) is 2.57. The molecule has 0 aromatic carbocycles. The van der Waals surface area contributed by atoms with Gasteiger partial charge in [0, 0.05) is 11.9 Å². The molecular weight excluding hydrogens is 158 g/mol. The van der Waals surface area contributed by atoms with Crippen LogP contribution >= 0.6 is 0 Å². The van der Waals surface area contributed by atoms with E-state index in [-0.39, 0.29) is 0 Å². The lowest BCUT2D eigenvalue weighted by molar-refractivity contribution is 0.432. The van der Waals surface area contributed by atoms with Crippen LogP contribution in [0.15, 0.2) is 24.4 Å². The predicted molar refractivity (Wildman–Crippen MR) is 52.3 cm³/mol. The highest BCUT2D eigenvalue weighted by Gasteiger charge is 2.53. The van der Waals surface area contributed by atoms with E-state index in [1.165, 1.54) is 37.8 Å². The lowest BCUT2D eigenvalue weighted by Gasteiger charge is -2.12. The van der Waals surface area contributed by atoms with Crippen LogP contribution in [0, 0.1) is 11.3 Å². The van der Waals surface area contributed by atoms with Gasteiger partial charge in [-0.1, -0.05) is 6.07 Å². The molecule has 2 aliphatic carbocycles. The van der Waals surface area contributed by atoms with Gasteiger partial charge < -0.3 is 0 Å². The molecule has 68 valence electrons. The monoisotopic (exact) mass is 173 g/mol. The first-order valence-electron chi connectivity index (χ1n) is 5.29. The van der Waals surface area contributed by atoms with Crippen molar-refractivity contribution in [1.29, 1.82) is 0 Å². The number of pyridine rings is 1. The van der Waals surface area contributed by atoms with Gasteiger partial charge in [-0.25, -0.2) is 0 Å². The van der Waals surface area contributed by atoms with Crippen molar-refractivity contribution in [3.63, 3.8) is 0 Å². The van der Waals surface area contributed by atoms with Gasteiger partial charge in [0.05, 0.1) is 0 Å². The maximum absolute atomic E-state index is 4.41. The third-order valence-corrected chi connectivity index (χ3v) is 3.59. The summed E-state index contributed by atoms with van der Waals surface area (Å²) in [6, 6.07) is 6.27. The average molecular weight is 173 g/mol. The summed E-state index contributed by atoms with van der Waals surface area (Å²) in [6.07, 6.45) is 9.01. The molecule has 13 heavy (non-hydrogen) atoms. The van der Waals surface area contributed by atoms with E-state index in [9.17, 15) is 0 Å². The predicted octanol–water partition coefficient (Wildman–Crippen LogP) is 2.81. The quantitative estimate of drug-likeness (QED) is 0.685. The number of rotatable bonds is 3. The summed E-state index contributed by atoms with van der Waals surface area (Å²) in [7, 11) is 0. The summed E-state index contributed by atoms with van der Waals surface area (Å²) >= 11 is 0. The molecule has 2 aliphatic rings. The summed E-state index contributed by atoms with van der Waals surface area (Å²) < 4.78 is 0. The van der Waals surface area contributed by atoms with Gasteiger partial charge >= 0.3 is 0 Å². The van der Waals surface area contributed by atoms with Gasteiger partial charge in [-0.2, -0.15) is 0 Å². The first-order valence-corrected chi connectivity index (χ1v) is 5.29. The minimum atomic E-state index is 0.703. The van der Waals surface area contributed by atoms with Crippen molar-refractivity contribution in [2.24, 2.45) is 11.3 Å². The maximum atomic E-state index is 4.41. The Morgan fingerprint density at radius 3 is 2.69 bits per heavy atom. The second-order valence-corrected chi connectivity index (χ2v) is 4.63. The Bertz CT molecular complexity index is 296. The summed E-state index contributed by atoms with van der Waals surface area (Å²) in [5, 5.41) is 0. The van der Waals surface area contributed by atoms with E-state index in [0.717, 1.165) is 5.92 Å². The van der Waals surface area contributed by atoms with Crippen molar-refractivity contribution in [3.05, 3.63) is 30.1 Å². The molecule has 0 radical (unpaired) electrons. The average Bonchev–Trinajstić information content (AvgIpc) is 3.00. The molecule has 1 nitrogen and oxygen atoms in total. The smallest absolute Gasteiger partial charge is 0.0409 e. The Hall–Kier alpha value is -0.850. The topological polar surface area (TPSA) is 12.9 Å². The molecular formula is C12H15N. The second-order valence-electron chi connectivity index (χ2n) is 4.63. The van der Waals surface area contributed by atoms with Crippen LogP contribution in [0.3, 0.4) is 0 Å². The van der Waals surface area contributed by atoms with Gasteiger partial charge in [-0.3, -0.25) is 4.98 Å². The molecule has 0 atom stereocenters. The van der Waals surface area contributed by atoms with Gasteiger partial charge in [-0.05, 0) is 55.6 Å². The SMILES string of the molecule is c1ccc(CC2(C3CC3)CC2)nc1. The fourth-order valence-electron chi connectivity index (χ4n) is 2.45. The Morgan fingerprint density at radius 1 is 1.31 bits per heavy atom. The number of hydrogen-bond donors (Lipinski definition) is 0. The van der Waals surface area contributed by atoms with Gasteiger partial charge in [0.15, 0.2) is 0 Å². The highest BCUT2D eigenvalue weighted by molar-refractivity contribution is 5.13. The Kier molecular flexibility index (Phi) is 1.49. The third kappa shape index (κ3) is 1.37. The van der Waals surface area contributed by atoms with Crippen LogP contribution in [0.2, 0.25) is 0 Å². The molecule has 1 aromatic rings. The molecule has 2 fully saturated rings. The van der Waals surface area contributed by atoms with Crippen LogP contribution in [0.5, 0.6) is 0 Å². The zero-order valence-electron chi connectivity index (χ0n) is 7.87. The van der Waals surface area contributed by atoms with Gasteiger partial charge in [-0.15, -0.1) is 0 Å². The van der Waals surface area contributed by atoms with Crippen LogP contribution in [-0.2, 0) is 6.42 Å². The van der Waals surface area contributed by atoms with E-state index < -0.39 is 0 Å². The van der Waals surface area contributed by atoms with Crippen LogP contribution in [0.1, 0.15) is 31.4 Å². The molecule has 0 saturated heterocycles. The summed E-state index contributed by atoms with van der Waals surface area (Å²) in [5.41, 5.74) is 2.00. The van der Waals surface area contributed by atoms with E-state index in [0.29, 0.717) is 5.41 Å². The minimum absolute atomic E-state index is 0.703. The normalized spacial score (nSPS) is 24.3. The number of hydrogen-bond acceptors (Lipinski definition) is 1.